The summed E-state index contributed by atoms with van der Waals surface area (Å²) in [5.41, 5.74) is 1.06. The number of anilines is 1. The van der Waals surface area contributed by atoms with Gasteiger partial charge in [0.1, 0.15) is 11.9 Å². The number of rotatable bonds is 4. The lowest BCUT2D eigenvalue weighted by Gasteiger charge is -2.30. The number of benzene rings is 1. The highest BCUT2D eigenvalue weighted by atomic mass is 19.1. The third-order valence-electron chi connectivity index (χ3n) is 4.12. The van der Waals surface area contributed by atoms with Gasteiger partial charge >= 0.3 is 6.09 Å². The third-order valence-corrected chi connectivity index (χ3v) is 4.12. The Labute approximate surface area is 139 Å². The van der Waals surface area contributed by atoms with Gasteiger partial charge in [-0.25, -0.2) is 9.18 Å². The molecular formula is C16H20FN3O4. The van der Waals surface area contributed by atoms with Gasteiger partial charge in [0.15, 0.2) is 0 Å². The fourth-order valence-corrected chi connectivity index (χ4v) is 2.98. The number of alkyl carbamates (subject to hydrolysis) is 1. The Bertz CT molecular complexity index is 634. The first kappa shape index (κ1) is 16.5. The molecule has 24 heavy (non-hydrogen) atoms. The predicted octanol–water partition coefficient (Wildman–Crippen LogP) is 0.948. The minimum absolute atomic E-state index is 0.261. The molecule has 2 fully saturated rings. The summed E-state index contributed by atoms with van der Waals surface area (Å²) in [7, 11) is 0. The Kier molecular flexibility index (Phi) is 4.84. The SMILES string of the molecule is CC(=O)NC(c1ccc(N2CCOCC2)c(F)c1)C1CNC(=O)O1. The Balaban J connectivity index is 1.83. The summed E-state index contributed by atoms with van der Waals surface area (Å²) in [6, 6.07) is 4.22. The van der Waals surface area contributed by atoms with Crippen LogP contribution in [0.2, 0.25) is 0 Å². The van der Waals surface area contributed by atoms with Gasteiger partial charge in [-0.15, -0.1) is 0 Å². The molecule has 2 unspecified atom stereocenters. The van der Waals surface area contributed by atoms with E-state index < -0.39 is 18.2 Å². The van der Waals surface area contributed by atoms with Crippen LogP contribution in [-0.2, 0) is 14.3 Å². The van der Waals surface area contributed by atoms with Gasteiger partial charge < -0.3 is 25.0 Å². The van der Waals surface area contributed by atoms with Crippen LogP contribution in [0, 0.1) is 5.82 Å². The molecule has 2 N–H and O–H groups in total. The van der Waals surface area contributed by atoms with Crippen molar-refractivity contribution in [1.82, 2.24) is 10.6 Å². The summed E-state index contributed by atoms with van der Waals surface area (Å²) < 4.78 is 25.0. The highest BCUT2D eigenvalue weighted by Gasteiger charge is 2.33. The van der Waals surface area contributed by atoms with Gasteiger partial charge in [-0.2, -0.15) is 0 Å². The molecule has 7 nitrogen and oxygen atoms in total. The molecule has 1 aromatic carbocycles. The lowest BCUT2D eigenvalue weighted by atomic mass is 10.00. The van der Waals surface area contributed by atoms with Crippen molar-refractivity contribution in [3.05, 3.63) is 29.6 Å². The van der Waals surface area contributed by atoms with E-state index in [1.807, 2.05) is 4.90 Å². The summed E-state index contributed by atoms with van der Waals surface area (Å²) in [5.74, 6) is -0.650. The van der Waals surface area contributed by atoms with E-state index in [0.29, 0.717) is 37.6 Å². The van der Waals surface area contributed by atoms with Gasteiger partial charge in [-0.3, -0.25) is 4.79 Å². The van der Waals surface area contributed by atoms with Crippen molar-refractivity contribution in [3.63, 3.8) is 0 Å². The molecule has 130 valence electrons. The fourth-order valence-electron chi connectivity index (χ4n) is 2.98. The molecule has 2 aliphatic heterocycles. The van der Waals surface area contributed by atoms with Crippen LogP contribution in [0.4, 0.5) is 14.9 Å². The largest absolute Gasteiger partial charge is 0.442 e. The molecule has 2 amide bonds. The molecule has 0 saturated carbocycles. The van der Waals surface area contributed by atoms with Crippen LogP contribution in [0.25, 0.3) is 0 Å². The van der Waals surface area contributed by atoms with E-state index in [9.17, 15) is 14.0 Å². The van der Waals surface area contributed by atoms with Crippen molar-refractivity contribution >= 4 is 17.7 Å². The molecule has 8 heteroatoms. The quantitative estimate of drug-likeness (QED) is 0.855. The maximum absolute atomic E-state index is 14.6. The number of nitrogens with zero attached hydrogens (tertiary/aromatic N) is 1. The first-order valence-corrected chi connectivity index (χ1v) is 7.88. The number of hydrogen-bond acceptors (Lipinski definition) is 5. The normalized spacial score (nSPS) is 21.8. The van der Waals surface area contributed by atoms with Gasteiger partial charge in [0.2, 0.25) is 5.91 Å². The molecule has 0 aliphatic carbocycles. The molecule has 0 radical (unpaired) electrons. The average molecular weight is 337 g/mol. The average Bonchev–Trinajstić information content (AvgIpc) is 2.99. The number of halogens is 1. The molecule has 0 aromatic heterocycles. The number of carbonyl (C=O) groups excluding carboxylic acids is 2. The molecule has 0 bridgehead atoms. The molecule has 2 atom stereocenters. The highest BCUT2D eigenvalue weighted by molar-refractivity contribution is 5.74. The van der Waals surface area contributed by atoms with E-state index in [0.717, 1.165) is 0 Å². The van der Waals surface area contributed by atoms with Crippen LogP contribution in [0.3, 0.4) is 0 Å². The van der Waals surface area contributed by atoms with E-state index in [4.69, 9.17) is 9.47 Å². The van der Waals surface area contributed by atoms with Crippen molar-refractivity contribution in [2.24, 2.45) is 0 Å². The third kappa shape index (κ3) is 3.59. The smallest absolute Gasteiger partial charge is 0.407 e. The van der Waals surface area contributed by atoms with Crippen molar-refractivity contribution in [2.45, 2.75) is 19.1 Å². The lowest BCUT2D eigenvalue weighted by Crippen LogP contribution is -2.38. The summed E-state index contributed by atoms with van der Waals surface area (Å²) in [4.78, 5) is 24.7. The monoisotopic (exact) mass is 337 g/mol. The second kappa shape index (κ2) is 7.04. The second-order valence-corrected chi connectivity index (χ2v) is 5.81. The summed E-state index contributed by atoms with van der Waals surface area (Å²) in [5, 5.41) is 5.27. The minimum atomic E-state index is -0.602. The van der Waals surface area contributed by atoms with Gasteiger partial charge in [0.25, 0.3) is 0 Å². The van der Waals surface area contributed by atoms with Crippen LogP contribution in [0.1, 0.15) is 18.5 Å². The van der Waals surface area contributed by atoms with Gasteiger partial charge in [-0.05, 0) is 17.7 Å². The zero-order valence-corrected chi connectivity index (χ0v) is 13.4. The maximum atomic E-state index is 14.6. The zero-order chi connectivity index (χ0) is 17.1. The standard InChI is InChI=1S/C16H20FN3O4/c1-10(21)19-15(14-9-18-16(22)24-14)11-2-3-13(12(17)8-11)20-4-6-23-7-5-20/h2-3,8,14-15H,4-7,9H2,1H3,(H,18,22)(H,19,21). The first-order valence-electron chi connectivity index (χ1n) is 7.88. The molecule has 2 aliphatic rings. The number of hydrogen-bond donors (Lipinski definition) is 2. The topological polar surface area (TPSA) is 79.9 Å². The van der Waals surface area contributed by atoms with E-state index in [-0.39, 0.29) is 18.3 Å². The van der Waals surface area contributed by atoms with Crippen molar-refractivity contribution in [3.8, 4) is 0 Å². The first-order chi connectivity index (χ1) is 11.5. The molecular weight excluding hydrogens is 317 g/mol. The number of ether oxygens (including phenoxy) is 2. The highest BCUT2D eigenvalue weighted by Crippen LogP contribution is 2.27. The van der Waals surface area contributed by atoms with Gasteiger partial charge in [-0.1, -0.05) is 6.07 Å². The number of amides is 2. The Morgan fingerprint density at radius 2 is 2.17 bits per heavy atom. The van der Waals surface area contributed by atoms with Crippen LogP contribution < -0.4 is 15.5 Å². The minimum Gasteiger partial charge on any atom is -0.442 e. The Morgan fingerprint density at radius 3 is 2.75 bits per heavy atom. The maximum Gasteiger partial charge on any atom is 0.407 e. The van der Waals surface area contributed by atoms with Crippen LogP contribution in [-0.4, -0.2) is 51.0 Å². The van der Waals surface area contributed by atoms with Crippen molar-refractivity contribution in [1.29, 1.82) is 0 Å². The fraction of sp³-hybridized carbons (Fsp3) is 0.500. The number of morpholine rings is 1. The van der Waals surface area contributed by atoms with Gasteiger partial charge in [0.05, 0.1) is 31.5 Å². The summed E-state index contributed by atoms with van der Waals surface area (Å²) in [6.45, 7) is 4.04. The number of carbonyl (C=O) groups is 2. The second-order valence-electron chi connectivity index (χ2n) is 5.81. The lowest BCUT2D eigenvalue weighted by molar-refractivity contribution is -0.120. The molecule has 2 saturated heterocycles. The summed E-state index contributed by atoms with van der Waals surface area (Å²) >= 11 is 0. The van der Waals surface area contributed by atoms with Crippen LogP contribution in [0.15, 0.2) is 18.2 Å². The molecule has 2 heterocycles. The summed E-state index contributed by atoms with van der Waals surface area (Å²) in [6.07, 6.45) is -1.12. The van der Waals surface area contributed by atoms with E-state index in [2.05, 4.69) is 10.6 Å². The van der Waals surface area contributed by atoms with Crippen molar-refractivity contribution in [2.75, 3.05) is 37.7 Å². The van der Waals surface area contributed by atoms with Gasteiger partial charge in [0, 0.05) is 20.0 Å². The number of nitrogens with one attached hydrogen (secondary N) is 2. The molecule has 0 spiro atoms. The van der Waals surface area contributed by atoms with Crippen molar-refractivity contribution < 1.29 is 23.5 Å². The number of cyclic esters (lactones) is 1. The van der Waals surface area contributed by atoms with E-state index >= 15 is 0 Å². The molecule has 3 rings (SSSR count). The van der Waals surface area contributed by atoms with E-state index in [1.165, 1.54) is 13.0 Å². The zero-order valence-electron chi connectivity index (χ0n) is 13.4. The Hall–Kier alpha value is -2.35. The predicted molar refractivity (Wildman–Crippen MR) is 84.3 cm³/mol. The van der Waals surface area contributed by atoms with E-state index in [1.54, 1.807) is 12.1 Å². The van der Waals surface area contributed by atoms with Crippen LogP contribution in [0.5, 0.6) is 0 Å². The molecule has 1 aromatic rings. The van der Waals surface area contributed by atoms with Crippen LogP contribution >= 0.6 is 0 Å². The Morgan fingerprint density at radius 1 is 1.42 bits per heavy atom.